The second kappa shape index (κ2) is 5.37. The van der Waals surface area contributed by atoms with Crippen LogP contribution >= 0.6 is 11.6 Å². The van der Waals surface area contributed by atoms with Crippen LogP contribution in [-0.4, -0.2) is 43.0 Å². The Morgan fingerprint density at radius 2 is 2.25 bits per heavy atom. The highest BCUT2D eigenvalue weighted by Crippen LogP contribution is 2.35. The molecule has 2 atom stereocenters. The van der Waals surface area contributed by atoms with E-state index in [1.165, 1.54) is 0 Å². The lowest BCUT2D eigenvalue weighted by atomic mass is 9.83. The maximum Gasteiger partial charge on any atom is 0.240 e. The topological polar surface area (TPSA) is 29.5 Å². The summed E-state index contributed by atoms with van der Waals surface area (Å²) in [4.78, 5) is 13.8. The summed E-state index contributed by atoms with van der Waals surface area (Å²) >= 11 is 5.99. The minimum absolute atomic E-state index is 0.0656. The number of halogens is 1. The monoisotopic (exact) mass is 247 g/mol. The molecule has 0 aromatic rings. The van der Waals surface area contributed by atoms with Gasteiger partial charge in [-0.1, -0.05) is 20.8 Å². The van der Waals surface area contributed by atoms with Crippen molar-refractivity contribution in [2.45, 2.75) is 32.6 Å². The molecule has 1 fully saturated rings. The summed E-state index contributed by atoms with van der Waals surface area (Å²) in [5, 5.41) is -0.378. The molecule has 2 unspecified atom stereocenters. The highest BCUT2D eigenvalue weighted by atomic mass is 35.5. The minimum atomic E-state index is -0.378. The Balaban J connectivity index is 2.64. The summed E-state index contributed by atoms with van der Waals surface area (Å²) in [5.41, 5.74) is 0.121. The third-order valence-electron chi connectivity index (χ3n) is 3.45. The first-order valence-electron chi connectivity index (χ1n) is 5.84. The fourth-order valence-corrected chi connectivity index (χ4v) is 2.36. The Labute approximate surface area is 103 Å². The van der Waals surface area contributed by atoms with E-state index >= 15 is 0 Å². The molecular formula is C12H22ClNO2. The molecular weight excluding hydrogens is 226 g/mol. The molecule has 1 heterocycles. The van der Waals surface area contributed by atoms with Crippen LogP contribution in [0.5, 0.6) is 0 Å². The summed E-state index contributed by atoms with van der Waals surface area (Å²) in [6.07, 6.45) is 0.687. The predicted molar refractivity (Wildman–Crippen MR) is 65.7 cm³/mol. The van der Waals surface area contributed by atoms with E-state index in [0.29, 0.717) is 18.9 Å². The van der Waals surface area contributed by atoms with E-state index < -0.39 is 0 Å². The molecule has 4 heteroatoms. The fourth-order valence-electron chi connectivity index (χ4n) is 2.22. The number of nitrogens with zero attached hydrogens (tertiary/aromatic N) is 1. The number of carbonyl (C=O) groups is 1. The molecule has 1 saturated heterocycles. The number of alkyl halides is 1. The van der Waals surface area contributed by atoms with Crippen LogP contribution in [0, 0.1) is 11.3 Å². The smallest absolute Gasteiger partial charge is 0.240 e. The maximum atomic E-state index is 12.0. The number of ether oxygens (including phenoxy) is 1. The summed E-state index contributed by atoms with van der Waals surface area (Å²) in [6, 6.07) is 0. The van der Waals surface area contributed by atoms with Crippen molar-refractivity contribution in [3.8, 4) is 0 Å². The average molecular weight is 248 g/mol. The zero-order chi connectivity index (χ0) is 12.3. The zero-order valence-corrected chi connectivity index (χ0v) is 11.4. The van der Waals surface area contributed by atoms with Crippen molar-refractivity contribution in [2.75, 3.05) is 26.8 Å². The molecule has 0 saturated carbocycles. The third kappa shape index (κ3) is 2.89. The quantitative estimate of drug-likeness (QED) is 0.713. The van der Waals surface area contributed by atoms with E-state index in [4.69, 9.17) is 16.3 Å². The zero-order valence-electron chi connectivity index (χ0n) is 10.6. The van der Waals surface area contributed by atoms with Gasteiger partial charge in [0.25, 0.3) is 0 Å². The minimum Gasteiger partial charge on any atom is -0.384 e. The summed E-state index contributed by atoms with van der Waals surface area (Å²) in [7, 11) is 1.71. The van der Waals surface area contributed by atoms with E-state index in [9.17, 15) is 4.79 Å². The van der Waals surface area contributed by atoms with Crippen LogP contribution in [0.2, 0.25) is 0 Å². The molecule has 3 nitrogen and oxygen atoms in total. The van der Waals surface area contributed by atoms with Gasteiger partial charge in [0.15, 0.2) is 0 Å². The number of methoxy groups -OCH3 is 1. The van der Waals surface area contributed by atoms with Gasteiger partial charge in [-0.05, 0) is 11.8 Å². The van der Waals surface area contributed by atoms with Crippen molar-refractivity contribution in [1.29, 1.82) is 0 Å². The van der Waals surface area contributed by atoms with Crippen molar-refractivity contribution in [3.05, 3.63) is 0 Å². The van der Waals surface area contributed by atoms with E-state index in [-0.39, 0.29) is 16.7 Å². The predicted octanol–water partition coefficient (Wildman–Crippen LogP) is 2.13. The highest BCUT2D eigenvalue weighted by molar-refractivity contribution is 6.30. The second-order valence-corrected chi connectivity index (χ2v) is 5.76. The van der Waals surface area contributed by atoms with Gasteiger partial charge < -0.3 is 9.64 Å². The number of rotatable bonds is 4. The van der Waals surface area contributed by atoms with Gasteiger partial charge >= 0.3 is 0 Å². The lowest BCUT2D eigenvalue weighted by Crippen LogP contribution is -2.35. The Bertz CT molecular complexity index is 255. The average Bonchev–Trinajstić information content (AvgIpc) is 2.53. The van der Waals surface area contributed by atoms with E-state index in [0.717, 1.165) is 13.1 Å². The molecule has 0 aromatic carbocycles. The van der Waals surface area contributed by atoms with E-state index in [1.54, 1.807) is 7.11 Å². The standard InChI is InChI=1S/C12H22ClNO2/c1-5-10(13)11(15)14-6-9(7-16-4)12(2,3)8-14/h9-10H,5-8H2,1-4H3. The van der Waals surface area contributed by atoms with Crippen LogP contribution in [0.15, 0.2) is 0 Å². The molecule has 1 amide bonds. The van der Waals surface area contributed by atoms with Crippen molar-refractivity contribution in [3.63, 3.8) is 0 Å². The Hall–Kier alpha value is -0.280. The van der Waals surface area contributed by atoms with Gasteiger partial charge in [-0.2, -0.15) is 0 Å². The molecule has 0 N–H and O–H groups in total. The SMILES string of the molecule is CCC(Cl)C(=O)N1CC(COC)C(C)(C)C1. The summed E-state index contributed by atoms with van der Waals surface area (Å²) < 4.78 is 5.21. The van der Waals surface area contributed by atoms with Gasteiger partial charge in [-0.25, -0.2) is 0 Å². The normalized spacial score (nSPS) is 25.8. The van der Waals surface area contributed by atoms with Crippen LogP contribution in [0.4, 0.5) is 0 Å². The molecule has 1 rings (SSSR count). The summed E-state index contributed by atoms with van der Waals surface area (Å²) in [6.45, 7) is 8.55. The molecule has 0 aromatic heterocycles. The molecule has 0 radical (unpaired) electrons. The Kier molecular flexibility index (Phi) is 4.62. The second-order valence-electron chi connectivity index (χ2n) is 5.24. The Morgan fingerprint density at radius 3 is 2.75 bits per heavy atom. The number of hydrogen-bond acceptors (Lipinski definition) is 2. The highest BCUT2D eigenvalue weighted by Gasteiger charge is 2.41. The fraction of sp³-hybridized carbons (Fsp3) is 0.917. The lowest BCUT2D eigenvalue weighted by molar-refractivity contribution is -0.130. The summed E-state index contributed by atoms with van der Waals surface area (Å²) in [5.74, 6) is 0.470. The van der Waals surface area contributed by atoms with Gasteiger partial charge in [0.05, 0.1) is 6.61 Å². The third-order valence-corrected chi connectivity index (χ3v) is 3.95. The van der Waals surface area contributed by atoms with Gasteiger partial charge in [0.1, 0.15) is 5.38 Å². The van der Waals surface area contributed by atoms with Crippen molar-refractivity contribution < 1.29 is 9.53 Å². The molecule has 94 valence electrons. The van der Waals surface area contributed by atoms with Crippen LogP contribution in [0.25, 0.3) is 0 Å². The first-order valence-corrected chi connectivity index (χ1v) is 6.27. The first-order chi connectivity index (χ1) is 7.42. The van der Waals surface area contributed by atoms with Crippen molar-refractivity contribution in [1.82, 2.24) is 4.90 Å². The lowest BCUT2D eigenvalue weighted by Gasteiger charge is -2.24. The molecule has 0 spiro atoms. The van der Waals surface area contributed by atoms with Gasteiger partial charge in [0, 0.05) is 26.1 Å². The molecule has 0 bridgehead atoms. The van der Waals surface area contributed by atoms with Gasteiger partial charge in [-0.15, -0.1) is 11.6 Å². The number of carbonyl (C=O) groups excluding carboxylic acids is 1. The number of likely N-dealkylation sites (tertiary alicyclic amines) is 1. The van der Waals surface area contributed by atoms with Crippen molar-refractivity contribution in [2.24, 2.45) is 11.3 Å². The first kappa shape index (κ1) is 13.8. The van der Waals surface area contributed by atoms with Gasteiger partial charge in [-0.3, -0.25) is 4.79 Å². The molecule has 1 aliphatic rings. The molecule has 16 heavy (non-hydrogen) atoms. The van der Waals surface area contributed by atoms with Crippen LogP contribution in [-0.2, 0) is 9.53 Å². The molecule has 0 aliphatic carbocycles. The van der Waals surface area contributed by atoms with Crippen LogP contribution in [0.3, 0.4) is 0 Å². The Morgan fingerprint density at radius 1 is 1.62 bits per heavy atom. The number of hydrogen-bond donors (Lipinski definition) is 0. The van der Waals surface area contributed by atoms with Gasteiger partial charge in [0.2, 0.25) is 5.91 Å². The largest absolute Gasteiger partial charge is 0.384 e. The van der Waals surface area contributed by atoms with Crippen LogP contribution in [0.1, 0.15) is 27.2 Å². The number of amides is 1. The maximum absolute atomic E-state index is 12.0. The van der Waals surface area contributed by atoms with Crippen LogP contribution < -0.4 is 0 Å². The molecule has 1 aliphatic heterocycles. The van der Waals surface area contributed by atoms with E-state index in [1.807, 2.05) is 11.8 Å². The van der Waals surface area contributed by atoms with E-state index in [2.05, 4.69) is 13.8 Å². The van der Waals surface area contributed by atoms with Crippen molar-refractivity contribution >= 4 is 17.5 Å².